The van der Waals surface area contributed by atoms with Gasteiger partial charge in [-0.25, -0.2) is 5.43 Å². The summed E-state index contributed by atoms with van der Waals surface area (Å²) in [5.74, 6) is 0.0473. The van der Waals surface area contributed by atoms with Crippen molar-refractivity contribution in [2.24, 2.45) is 5.10 Å². The zero-order chi connectivity index (χ0) is 14.8. The van der Waals surface area contributed by atoms with Gasteiger partial charge in [-0.2, -0.15) is 5.10 Å². The van der Waals surface area contributed by atoms with E-state index < -0.39 is 0 Å². The minimum atomic E-state index is -0.265. The van der Waals surface area contributed by atoms with Crippen LogP contribution >= 0.6 is 0 Å². The van der Waals surface area contributed by atoms with Crippen molar-refractivity contribution < 1.29 is 9.21 Å². The maximum absolute atomic E-state index is 11.8. The quantitative estimate of drug-likeness (QED) is 0.805. The van der Waals surface area contributed by atoms with E-state index in [0.29, 0.717) is 5.76 Å². The second-order valence-electron chi connectivity index (χ2n) is 5.78. The molecule has 1 aromatic rings. The standard InChI is InChI=1S/C17H26N2O2/c20-17(16-13-10-14-21-16)19-18-15-11-8-6-4-2-1-3-5-7-9-12-15/h10,13-14H,1-9,11-12H2,(H,19,20). The summed E-state index contributed by atoms with van der Waals surface area (Å²) < 4.78 is 5.07. The molecule has 0 radical (unpaired) electrons. The van der Waals surface area contributed by atoms with E-state index >= 15 is 0 Å². The minimum Gasteiger partial charge on any atom is -0.459 e. The van der Waals surface area contributed by atoms with Crippen LogP contribution in [0.2, 0.25) is 0 Å². The van der Waals surface area contributed by atoms with Crippen LogP contribution in [0.25, 0.3) is 0 Å². The van der Waals surface area contributed by atoms with Crippen LogP contribution in [0, 0.1) is 0 Å². The maximum atomic E-state index is 11.8. The molecule has 0 saturated heterocycles. The summed E-state index contributed by atoms with van der Waals surface area (Å²) in [6.07, 6.45) is 15.2. The molecule has 0 atom stereocenters. The van der Waals surface area contributed by atoms with Gasteiger partial charge in [0.05, 0.1) is 6.26 Å². The van der Waals surface area contributed by atoms with Gasteiger partial charge in [-0.15, -0.1) is 0 Å². The van der Waals surface area contributed by atoms with Crippen LogP contribution in [0.5, 0.6) is 0 Å². The molecule has 1 amide bonds. The number of carbonyl (C=O) groups is 1. The van der Waals surface area contributed by atoms with Gasteiger partial charge in [0.15, 0.2) is 5.76 Å². The van der Waals surface area contributed by atoms with Gasteiger partial charge in [0.25, 0.3) is 0 Å². The monoisotopic (exact) mass is 290 g/mol. The lowest BCUT2D eigenvalue weighted by Gasteiger charge is -2.09. The molecule has 21 heavy (non-hydrogen) atoms. The zero-order valence-electron chi connectivity index (χ0n) is 12.8. The third kappa shape index (κ3) is 6.15. The Bertz CT molecular complexity index is 424. The molecule has 116 valence electrons. The lowest BCUT2D eigenvalue weighted by molar-refractivity contribution is 0.0927. The molecule has 0 spiro atoms. The smallest absolute Gasteiger partial charge is 0.307 e. The van der Waals surface area contributed by atoms with Crippen molar-refractivity contribution in [2.75, 3.05) is 0 Å². The third-order valence-electron chi connectivity index (χ3n) is 3.99. The van der Waals surface area contributed by atoms with Crippen molar-refractivity contribution in [3.8, 4) is 0 Å². The first-order valence-corrected chi connectivity index (χ1v) is 8.25. The summed E-state index contributed by atoms with van der Waals surface area (Å²) >= 11 is 0. The number of hydrazone groups is 1. The number of hydrogen-bond acceptors (Lipinski definition) is 3. The SMILES string of the molecule is O=C(NN=C1CCCCCCCCCCC1)c1ccco1. The molecule has 1 aliphatic rings. The van der Waals surface area contributed by atoms with Gasteiger partial charge in [-0.3, -0.25) is 4.79 Å². The van der Waals surface area contributed by atoms with Crippen LogP contribution in [0.1, 0.15) is 81.2 Å². The molecule has 0 aromatic carbocycles. The Morgan fingerprint density at radius 2 is 1.52 bits per heavy atom. The number of nitrogens with zero attached hydrogens (tertiary/aromatic N) is 1. The summed E-state index contributed by atoms with van der Waals surface area (Å²) in [4.78, 5) is 11.8. The fourth-order valence-corrected chi connectivity index (χ4v) is 2.73. The average Bonchev–Trinajstić information content (AvgIpc) is 3.01. The predicted octanol–water partition coefficient (Wildman–Crippen LogP) is 4.67. The van der Waals surface area contributed by atoms with E-state index in [4.69, 9.17) is 4.42 Å². The van der Waals surface area contributed by atoms with E-state index in [1.165, 1.54) is 64.1 Å². The van der Waals surface area contributed by atoms with Gasteiger partial charge in [0.1, 0.15) is 0 Å². The number of hydrogen-bond donors (Lipinski definition) is 1. The predicted molar refractivity (Wildman–Crippen MR) is 84.4 cm³/mol. The Morgan fingerprint density at radius 1 is 0.952 bits per heavy atom. The van der Waals surface area contributed by atoms with Crippen molar-refractivity contribution in [3.05, 3.63) is 24.2 Å². The van der Waals surface area contributed by atoms with Gasteiger partial charge in [0.2, 0.25) is 0 Å². The van der Waals surface area contributed by atoms with Crippen LogP contribution in [0.3, 0.4) is 0 Å². The largest absolute Gasteiger partial charge is 0.459 e. The van der Waals surface area contributed by atoms with Gasteiger partial charge in [-0.05, 0) is 37.8 Å². The molecular formula is C17H26N2O2. The first-order chi connectivity index (χ1) is 10.4. The number of amides is 1. The fraction of sp³-hybridized carbons (Fsp3) is 0.647. The average molecular weight is 290 g/mol. The van der Waals surface area contributed by atoms with Crippen LogP contribution in [0.15, 0.2) is 27.9 Å². The first kappa shape index (κ1) is 15.8. The Morgan fingerprint density at radius 3 is 2.05 bits per heavy atom. The Hall–Kier alpha value is -1.58. The van der Waals surface area contributed by atoms with Crippen LogP contribution in [0.4, 0.5) is 0 Å². The minimum absolute atomic E-state index is 0.265. The molecular weight excluding hydrogens is 264 g/mol. The van der Waals surface area contributed by atoms with Crippen molar-refractivity contribution >= 4 is 11.6 Å². The highest BCUT2D eigenvalue weighted by Crippen LogP contribution is 2.15. The number of carbonyl (C=O) groups excluding carboxylic acids is 1. The number of rotatable bonds is 2. The highest BCUT2D eigenvalue weighted by atomic mass is 16.3. The van der Waals surface area contributed by atoms with Crippen molar-refractivity contribution in [3.63, 3.8) is 0 Å². The first-order valence-electron chi connectivity index (χ1n) is 8.25. The molecule has 1 saturated carbocycles. The lowest BCUT2D eigenvalue weighted by atomic mass is 10.00. The summed E-state index contributed by atoms with van der Waals surface area (Å²) in [5.41, 5.74) is 3.74. The Labute approximate surface area is 127 Å². The van der Waals surface area contributed by atoms with Crippen LogP contribution < -0.4 is 5.43 Å². The molecule has 1 heterocycles. The molecule has 1 aliphatic carbocycles. The van der Waals surface area contributed by atoms with Gasteiger partial charge < -0.3 is 4.42 Å². The summed E-state index contributed by atoms with van der Waals surface area (Å²) in [6.45, 7) is 0. The lowest BCUT2D eigenvalue weighted by Crippen LogP contribution is -2.19. The molecule has 4 heteroatoms. The zero-order valence-corrected chi connectivity index (χ0v) is 12.8. The number of nitrogens with one attached hydrogen (secondary N) is 1. The Kier molecular flexibility index (Phi) is 7.05. The van der Waals surface area contributed by atoms with Crippen molar-refractivity contribution in [1.29, 1.82) is 0 Å². The van der Waals surface area contributed by atoms with E-state index in [1.54, 1.807) is 12.1 Å². The van der Waals surface area contributed by atoms with Crippen molar-refractivity contribution in [2.45, 2.75) is 70.6 Å². The molecule has 4 nitrogen and oxygen atoms in total. The maximum Gasteiger partial charge on any atom is 0.307 e. The van der Waals surface area contributed by atoms with Crippen LogP contribution in [-0.4, -0.2) is 11.6 Å². The summed E-state index contributed by atoms with van der Waals surface area (Å²) in [6, 6.07) is 3.36. The van der Waals surface area contributed by atoms with Gasteiger partial charge >= 0.3 is 5.91 Å². The van der Waals surface area contributed by atoms with Gasteiger partial charge in [-0.1, -0.05) is 44.9 Å². The summed E-state index contributed by atoms with van der Waals surface area (Å²) in [7, 11) is 0. The van der Waals surface area contributed by atoms with E-state index in [2.05, 4.69) is 10.5 Å². The normalized spacial score (nSPS) is 18.4. The highest BCUT2D eigenvalue weighted by molar-refractivity contribution is 5.93. The highest BCUT2D eigenvalue weighted by Gasteiger charge is 2.08. The van der Waals surface area contributed by atoms with Crippen molar-refractivity contribution in [1.82, 2.24) is 5.43 Å². The molecule has 1 N–H and O–H groups in total. The van der Waals surface area contributed by atoms with Gasteiger partial charge in [0, 0.05) is 5.71 Å². The van der Waals surface area contributed by atoms with E-state index in [9.17, 15) is 4.79 Å². The Balaban J connectivity index is 1.84. The molecule has 0 unspecified atom stereocenters. The van der Waals surface area contributed by atoms with E-state index in [-0.39, 0.29) is 5.91 Å². The molecule has 1 fully saturated rings. The van der Waals surface area contributed by atoms with E-state index in [1.807, 2.05) is 0 Å². The molecule has 0 bridgehead atoms. The second-order valence-corrected chi connectivity index (χ2v) is 5.78. The van der Waals surface area contributed by atoms with Crippen LogP contribution in [-0.2, 0) is 0 Å². The number of furan rings is 1. The molecule has 0 aliphatic heterocycles. The second kappa shape index (κ2) is 9.37. The third-order valence-corrected chi connectivity index (χ3v) is 3.99. The fourth-order valence-electron chi connectivity index (χ4n) is 2.73. The van der Waals surface area contributed by atoms with E-state index in [0.717, 1.165) is 18.6 Å². The molecule has 2 rings (SSSR count). The summed E-state index contributed by atoms with van der Waals surface area (Å²) in [5, 5.41) is 4.32. The topological polar surface area (TPSA) is 54.6 Å². The molecule has 1 aromatic heterocycles.